The Morgan fingerprint density at radius 3 is 2.22 bits per heavy atom. The van der Waals surface area contributed by atoms with Crippen LogP contribution in [0.3, 0.4) is 0 Å². The van der Waals surface area contributed by atoms with Crippen LogP contribution < -0.4 is 5.69 Å². The molecule has 0 radical (unpaired) electrons. The van der Waals surface area contributed by atoms with Gasteiger partial charge in [0.25, 0.3) is 5.92 Å². The van der Waals surface area contributed by atoms with Crippen molar-refractivity contribution in [2.45, 2.75) is 26.0 Å². The number of aliphatic hydroxyl groups is 1. The van der Waals surface area contributed by atoms with E-state index >= 15 is 0 Å². The van der Waals surface area contributed by atoms with Crippen molar-refractivity contribution in [3.63, 3.8) is 0 Å². The Hall–Kier alpha value is -3.95. The number of halogens is 3. The zero-order valence-electron chi connectivity index (χ0n) is 19.1. The van der Waals surface area contributed by atoms with Crippen LogP contribution in [0.25, 0.3) is 28.0 Å². The van der Waals surface area contributed by atoms with Gasteiger partial charge in [-0.25, -0.2) is 18.9 Å². The molecule has 3 aromatic heterocycles. The second-order valence-corrected chi connectivity index (χ2v) is 8.84. The molecule has 0 spiro atoms. The maximum atomic E-state index is 13.5. The molecule has 0 saturated carbocycles. The van der Waals surface area contributed by atoms with Crippen LogP contribution in [0.15, 0.2) is 78.0 Å². The predicted molar refractivity (Wildman–Crippen MR) is 132 cm³/mol. The summed E-state index contributed by atoms with van der Waals surface area (Å²) in [7, 11) is 0. The first-order valence-electron chi connectivity index (χ1n) is 11.0. The van der Waals surface area contributed by atoms with Crippen LogP contribution in [0, 0.1) is 0 Å². The zero-order valence-corrected chi connectivity index (χ0v) is 19.8. The van der Waals surface area contributed by atoms with Crippen molar-refractivity contribution in [3.05, 3.63) is 106 Å². The highest BCUT2D eigenvalue weighted by Crippen LogP contribution is 2.33. The minimum atomic E-state index is -3.05. The molecule has 2 aromatic carbocycles. The summed E-state index contributed by atoms with van der Waals surface area (Å²) in [5, 5.41) is 14.6. The average molecular weight is 508 g/mol. The van der Waals surface area contributed by atoms with Gasteiger partial charge in [0.1, 0.15) is 12.0 Å². The van der Waals surface area contributed by atoms with Crippen LogP contribution >= 0.6 is 11.6 Å². The fraction of sp³-hybridized carbons (Fsp3) is 0.154. The van der Waals surface area contributed by atoms with Crippen molar-refractivity contribution < 1.29 is 13.9 Å². The molecule has 0 atom stereocenters. The third-order valence-corrected chi connectivity index (χ3v) is 6.03. The van der Waals surface area contributed by atoms with E-state index in [0.29, 0.717) is 27.5 Å². The van der Waals surface area contributed by atoms with Gasteiger partial charge in [-0.15, -0.1) is 5.10 Å². The van der Waals surface area contributed by atoms with E-state index in [-0.39, 0.29) is 18.8 Å². The molecule has 1 N–H and O–H groups in total. The molecule has 0 fully saturated rings. The Labute approximate surface area is 209 Å². The highest BCUT2D eigenvalue weighted by atomic mass is 35.5. The van der Waals surface area contributed by atoms with Crippen molar-refractivity contribution in [1.82, 2.24) is 24.1 Å². The summed E-state index contributed by atoms with van der Waals surface area (Å²) in [5.74, 6) is -3.05. The van der Waals surface area contributed by atoms with Gasteiger partial charge in [0, 0.05) is 23.7 Å². The van der Waals surface area contributed by atoms with Gasteiger partial charge in [-0.2, -0.15) is 8.78 Å². The lowest BCUT2D eigenvalue weighted by molar-refractivity contribution is 0.0127. The van der Waals surface area contributed by atoms with E-state index in [1.807, 2.05) is 24.3 Å². The summed E-state index contributed by atoms with van der Waals surface area (Å²) in [5.41, 5.74) is 3.65. The van der Waals surface area contributed by atoms with E-state index in [0.717, 1.165) is 23.6 Å². The molecular formula is C26H20ClF2N5O2. The Morgan fingerprint density at radius 1 is 0.944 bits per heavy atom. The van der Waals surface area contributed by atoms with E-state index in [9.17, 15) is 18.7 Å². The van der Waals surface area contributed by atoms with Crippen LogP contribution in [0.1, 0.15) is 23.7 Å². The maximum absolute atomic E-state index is 13.5. The number of hydrogen-bond donors (Lipinski definition) is 1. The number of aromatic nitrogens is 5. The van der Waals surface area contributed by atoms with Gasteiger partial charge in [0.15, 0.2) is 5.65 Å². The van der Waals surface area contributed by atoms with E-state index in [2.05, 4.69) is 15.1 Å². The lowest BCUT2D eigenvalue weighted by Crippen LogP contribution is -2.22. The first-order chi connectivity index (χ1) is 17.2. The second-order valence-electron chi connectivity index (χ2n) is 8.40. The molecule has 0 aliphatic rings. The van der Waals surface area contributed by atoms with E-state index < -0.39 is 11.6 Å². The molecule has 0 saturated heterocycles. The summed E-state index contributed by atoms with van der Waals surface area (Å²) in [6, 6.07) is 17.2. The number of nitrogens with zero attached hydrogens (tertiary/aromatic N) is 5. The number of rotatable bonds is 6. The van der Waals surface area contributed by atoms with Crippen LogP contribution in [0.5, 0.6) is 0 Å². The first-order valence-corrected chi connectivity index (χ1v) is 11.4. The molecular weight excluding hydrogens is 488 g/mol. The maximum Gasteiger partial charge on any atom is 0.351 e. The Bertz CT molecular complexity index is 1590. The van der Waals surface area contributed by atoms with E-state index in [4.69, 9.17) is 11.6 Å². The number of pyridine rings is 1. The molecule has 0 bridgehead atoms. The molecule has 3 heterocycles. The van der Waals surface area contributed by atoms with E-state index in [1.54, 1.807) is 24.3 Å². The SMILES string of the molecule is CC(F)(F)c1ccc(Cn2nc3c(-c4ccc(CO)cc4)c(-c4ccc(Cl)cc4)ncn3c2=O)cn1. The van der Waals surface area contributed by atoms with Crippen LogP contribution in [-0.2, 0) is 19.1 Å². The normalized spacial score (nSPS) is 11.8. The summed E-state index contributed by atoms with van der Waals surface area (Å²) in [6.07, 6.45) is 2.73. The van der Waals surface area contributed by atoms with Crippen molar-refractivity contribution in [1.29, 1.82) is 0 Å². The van der Waals surface area contributed by atoms with Crippen molar-refractivity contribution in [2.75, 3.05) is 0 Å². The molecule has 36 heavy (non-hydrogen) atoms. The zero-order chi connectivity index (χ0) is 25.4. The molecule has 182 valence electrons. The third-order valence-electron chi connectivity index (χ3n) is 5.78. The molecule has 10 heteroatoms. The van der Waals surface area contributed by atoms with Gasteiger partial charge in [-0.3, -0.25) is 4.98 Å². The molecule has 5 aromatic rings. The topological polar surface area (TPSA) is 85.3 Å². The average Bonchev–Trinajstić information content (AvgIpc) is 3.19. The van der Waals surface area contributed by atoms with Gasteiger partial charge < -0.3 is 5.11 Å². The van der Waals surface area contributed by atoms with Crippen molar-refractivity contribution in [3.8, 4) is 22.4 Å². The third kappa shape index (κ3) is 4.50. The number of hydrogen-bond acceptors (Lipinski definition) is 5. The minimum absolute atomic E-state index is 0.0439. The molecule has 7 nitrogen and oxygen atoms in total. The minimum Gasteiger partial charge on any atom is -0.392 e. The van der Waals surface area contributed by atoms with Crippen molar-refractivity contribution >= 4 is 17.2 Å². The Balaban J connectivity index is 1.65. The van der Waals surface area contributed by atoms with Crippen LogP contribution in [-0.4, -0.2) is 29.3 Å². The van der Waals surface area contributed by atoms with Crippen LogP contribution in [0.4, 0.5) is 8.78 Å². The fourth-order valence-corrected chi connectivity index (χ4v) is 4.03. The number of aliphatic hydroxyl groups excluding tert-OH is 1. The van der Waals surface area contributed by atoms with E-state index in [1.165, 1.54) is 33.7 Å². The lowest BCUT2D eigenvalue weighted by Gasteiger charge is -2.11. The molecule has 0 aliphatic carbocycles. The number of benzene rings is 2. The monoisotopic (exact) mass is 507 g/mol. The van der Waals surface area contributed by atoms with Gasteiger partial charge in [-0.05, 0) is 34.9 Å². The Morgan fingerprint density at radius 2 is 1.61 bits per heavy atom. The number of fused-ring (bicyclic) bond motifs is 1. The summed E-state index contributed by atoms with van der Waals surface area (Å²) in [4.78, 5) is 21.6. The standard InChI is InChI=1S/C26H20ClF2N5O2/c1-26(28,29)21-11-4-17(12-30-21)13-34-25(36)33-15-31-23(19-7-9-20(27)10-8-19)22(24(33)32-34)18-5-2-16(14-35)3-6-18/h2-12,15,35H,13-14H2,1H3. The Kier molecular flexibility index (Phi) is 6.11. The summed E-state index contributed by atoms with van der Waals surface area (Å²) >= 11 is 6.07. The summed E-state index contributed by atoms with van der Waals surface area (Å²) in [6.45, 7) is 0.724. The van der Waals surface area contributed by atoms with Gasteiger partial charge in [-0.1, -0.05) is 54.1 Å². The second kappa shape index (κ2) is 9.25. The van der Waals surface area contributed by atoms with Crippen molar-refractivity contribution in [2.24, 2.45) is 0 Å². The molecule has 0 aliphatic heterocycles. The smallest absolute Gasteiger partial charge is 0.351 e. The molecule has 0 unspecified atom stereocenters. The lowest BCUT2D eigenvalue weighted by atomic mass is 9.99. The van der Waals surface area contributed by atoms with Crippen LogP contribution in [0.2, 0.25) is 5.02 Å². The van der Waals surface area contributed by atoms with Gasteiger partial charge in [0.2, 0.25) is 0 Å². The fourth-order valence-electron chi connectivity index (χ4n) is 3.90. The molecule has 0 amide bonds. The largest absolute Gasteiger partial charge is 0.392 e. The predicted octanol–water partition coefficient (Wildman–Crippen LogP) is 4.93. The highest BCUT2D eigenvalue weighted by Gasteiger charge is 2.26. The summed E-state index contributed by atoms with van der Waals surface area (Å²) < 4.78 is 29.6. The number of alkyl halides is 2. The highest BCUT2D eigenvalue weighted by molar-refractivity contribution is 6.30. The quantitative estimate of drug-likeness (QED) is 0.352. The van der Waals surface area contributed by atoms with Gasteiger partial charge >= 0.3 is 5.69 Å². The first kappa shape index (κ1) is 23.8. The van der Waals surface area contributed by atoms with Gasteiger partial charge in [0.05, 0.1) is 24.4 Å². The molecule has 5 rings (SSSR count).